The Balaban J connectivity index is 2.06. The molecule has 0 aromatic carbocycles. The second-order valence-electron chi connectivity index (χ2n) is 7.01. The zero-order chi connectivity index (χ0) is 19.3. The number of carbonyl (C=O) groups excluding carboxylic acids is 4. The fourth-order valence-electron chi connectivity index (χ4n) is 4.01. The van der Waals surface area contributed by atoms with Crippen LogP contribution in [-0.4, -0.2) is 40.1 Å². The summed E-state index contributed by atoms with van der Waals surface area (Å²) in [6, 6.07) is -0.247. The molecule has 26 heavy (non-hydrogen) atoms. The Morgan fingerprint density at radius 2 is 1.65 bits per heavy atom. The second kappa shape index (κ2) is 7.03. The smallest absolute Gasteiger partial charge is 0.160 e. The summed E-state index contributed by atoms with van der Waals surface area (Å²) in [6.07, 6.45) is 1.53. The highest BCUT2D eigenvalue weighted by atomic mass is 79.9. The van der Waals surface area contributed by atoms with Crippen molar-refractivity contribution < 1.29 is 23.9 Å². The van der Waals surface area contributed by atoms with E-state index in [2.05, 4.69) is 37.2 Å². The number of hydrogen-bond acceptors (Lipinski definition) is 6. The number of ether oxygens (including phenoxy) is 1. The summed E-state index contributed by atoms with van der Waals surface area (Å²) in [5.41, 5.74) is 0.618. The highest BCUT2D eigenvalue weighted by molar-refractivity contribution is 9.11. The van der Waals surface area contributed by atoms with Gasteiger partial charge in [0.05, 0.1) is 28.4 Å². The Bertz CT molecular complexity index is 772. The lowest BCUT2D eigenvalue weighted by atomic mass is 9.76. The lowest BCUT2D eigenvalue weighted by molar-refractivity contribution is -0.143. The molecule has 0 aromatic heterocycles. The maximum Gasteiger partial charge on any atom is 0.160 e. The molecule has 1 heterocycles. The third-order valence-corrected chi connectivity index (χ3v) is 6.73. The number of carbonyl (C=O) groups is 4. The van der Waals surface area contributed by atoms with Gasteiger partial charge in [-0.05, 0) is 33.3 Å². The fraction of sp³-hybridized carbons (Fsp3) is 0.556. The zero-order valence-electron chi connectivity index (χ0n) is 14.5. The number of Topliss-reactive ketones (excluding diaryl/α,β-unsaturated/α-hetero) is 4. The first-order chi connectivity index (χ1) is 12.1. The van der Waals surface area contributed by atoms with Crippen LogP contribution in [0.2, 0.25) is 0 Å². The summed E-state index contributed by atoms with van der Waals surface area (Å²) < 4.78 is 6.72. The van der Waals surface area contributed by atoms with Gasteiger partial charge in [0.15, 0.2) is 5.78 Å². The van der Waals surface area contributed by atoms with Crippen LogP contribution in [-0.2, 0) is 23.9 Å². The Labute approximate surface area is 168 Å². The maximum absolute atomic E-state index is 12.5. The summed E-state index contributed by atoms with van der Waals surface area (Å²) in [4.78, 5) is 48.6. The first-order valence-corrected chi connectivity index (χ1v) is 10.1. The van der Waals surface area contributed by atoms with E-state index < -0.39 is 28.7 Å². The van der Waals surface area contributed by atoms with Crippen LogP contribution in [0, 0.1) is 17.8 Å². The molecule has 6 nitrogen and oxygen atoms in total. The number of allylic oxidation sites excluding steroid dienone is 3. The highest BCUT2D eigenvalue weighted by Crippen LogP contribution is 2.44. The number of fused-ring (bicyclic) bond motifs is 1. The van der Waals surface area contributed by atoms with Crippen molar-refractivity contribution in [2.75, 3.05) is 0 Å². The van der Waals surface area contributed by atoms with Crippen LogP contribution in [0.15, 0.2) is 22.0 Å². The van der Waals surface area contributed by atoms with Crippen LogP contribution >= 0.6 is 31.9 Å². The summed E-state index contributed by atoms with van der Waals surface area (Å²) in [7, 11) is 0. The number of ketones is 4. The molecule has 0 spiro atoms. The minimum absolute atomic E-state index is 0.158. The van der Waals surface area contributed by atoms with Gasteiger partial charge in [0.1, 0.15) is 35.1 Å². The average molecular weight is 489 g/mol. The summed E-state index contributed by atoms with van der Waals surface area (Å²) in [6.45, 7) is 4.21. The minimum atomic E-state index is -0.905. The van der Waals surface area contributed by atoms with Gasteiger partial charge in [-0.2, -0.15) is 0 Å². The standard InChI is InChI=1S/C18H19Br2NO5/c1-6(22)13-9(19)4-11-17(14(13)7(2)23)26-18-12(21-11)5-10(20)16(25)15(18)8(3)24/h4,10,12-15,18,21H,5H2,1-3H3. The molecular formula is C18H19Br2NO5. The molecule has 3 aliphatic rings. The normalized spacial score (nSPS) is 36.2. The van der Waals surface area contributed by atoms with Gasteiger partial charge in [-0.15, -0.1) is 0 Å². The number of halogens is 2. The summed E-state index contributed by atoms with van der Waals surface area (Å²) >= 11 is 6.76. The van der Waals surface area contributed by atoms with Gasteiger partial charge < -0.3 is 10.1 Å². The molecule has 6 unspecified atom stereocenters. The Morgan fingerprint density at radius 3 is 2.19 bits per heavy atom. The van der Waals surface area contributed by atoms with Crippen LogP contribution in [0.3, 0.4) is 0 Å². The lowest BCUT2D eigenvalue weighted by Gasteiger charge is -2.46. The van der Waals surface area contributed by atoms with Crippen molar-refractivity contribution in [1.29, 1.82) is 0 Å². The van der Waals surface area contributed by atoms with Gasteiger partial charge in [-0.25, -0.2) is 0 Å². The van der Waals surface area contributed by atoms with E-state index in [-0.39, 0.29) is 29.2 Å². The quantitative estimate of drug-likeness (QED) is 0.483. The number of rotatable bonds is 3. The molecule has 0 aromatic rings. The molecule has 0 saturated heterocycles. The molecule has 0 amide bonds. The monoisotopic (exact) mass is 487 g/mol. The van der Waals surface area contributed by atoms with E-state index in [4.69, 9.17) is 4.74 Å². The predicted octanol–water partition coefficient (Wildman–Crippen LogP) is 2.20. The molecule has 3 rings (SSSR count). The van der Waals surface area contributed by atoms with Gasteiger partial charge in [-0.3, -0.25) is 19.2 Å². The minimum Gasteiger partial charge on any atom is -0.488 e. The van der Waals surface area contributed by atoms with Gasteiger partial charge >= 0.3 is 0 Å². The van der Waals surface area contributed by atoms with Crippen LogP contribution in [0.1, 0.15) is 27.2 Å². The van der Waals surface area contributed by atoms with Crippen molar-refractivity contribution in [3.63, 3.8) is 0 Å². The van der Waals surface area contributed by atoms with Crippen molar-refractivity contribution >= 4 is 55.0 Å². The van der Waals surface area contributed by atoms with Crippen molar-refractivity contribution in [3.8, 4) is 0 Å². The largest absolute Gasteiger partial charge is 0.488 e. The van der Waals surface area contributed by atoms with Crippen molar-refractivity contribution in [2.24, 2.45) is 17.8 Å². The van der Waals surface area contributed by atoms with Crippen LogP contribution in [0.25, 0.3) is 0 Å². The Morgan fingerprint density at radius 1 is 1.08 bits per heavy atom. The lowest BCUT2D eigenvalue weighted by Crippen LogP contribution is -2.59. The molecular weight excluding hydrogens is 470 g/mol. The maximum atomic E-state index is 12.5. The molecule has 0 bridgehead atoms. The molecule has 1 aliphatic heterocycles. The summed E-state index contributed by atoms with van der Waals surface area (Å²) in [5.74, 6) is -2.85. The first-order valence-electron chi connectivity index (χ1n) is 8.37. The topological polar surface area (TPSA) is 89.5 Å². The molecule has 140 valence electrons. The van der Waals surface area contributed by atoms with Gasteiger partial charge in [0.25, 0.3) is 0 Å². The van der Waals surface area contributed by atoms with E-state index in [0.717, 1.165) is 0 Å². The molecule has 8 heteroatoms. The van der Waals surface area contributed by atoms with Crippen LogP contribution in [0.4, 0.5) is 0 Å². The van der Waals surface area contributed by atoms with Crippen molar-refractivity contribution in [1.82, 2.24) is 5.32 Å². The zero-order valence-corrected chi connectivity index (χ0v) is 17.7. The second-order valence-corrected chi connectivity index (χ2v) is 9.03. The van der Waals surface area contributed by atoms with Crippen molar-refractivity contribution in [3.05, 3.63) is 22.0 Å². The Kier molecular flexibility index (Phi) is 5.27. The van der Waals surface area contributed by atoms with E-state index in [1.54, 1.807) is 6.08 Å². The Hall–Kier alpha value is -1.28. The highest BCUT2D eigenvalue weighted by Gasteiger charge is 2.52. The van der Waals surface area contributed by atoms with Gasteiger partial charge in [-0.1, -0.05) is 31.9 Å². The molecule has 1 saturated carbocycles. The van der Waals surface area contributed by atoms with Crippen molar-refractivity contribution in [2.45, 2.75) is 44.2 Å². The number of nitrogens with one attached hydrogen (secondary N) is 1. The molecule has 2 aliphatic carbocycles. The van der Waals surface area contributed by atoms with E-state index in [1.165, 1.54) is 20.8 Å². The van der Waals surface area contributed by atoms with Crippen LogP contribution < -0.4 is 5.32 Å². The third kappa shape index (κ3) is 3.11. The molecule has 6 atom stereocenters. The third-order valence-electron chi connectivity index (χ3n) is 5.18. The summed E-state index contributed by atoms with van der Waals surface area (Å²) in [5, 5.41) is 3.32. The van der Waals surface area contributed by atoms with E-state index in [9.17, 15) is 19.2 Å². The molecule has 0 radical (unpaired) electrons. The average Bonchev–Trinajstić information content (AvgIpc) is 2.52. The number of hydrogen-bond donors (Lipinski definition) is 1. The van der Waals surface area contributed by atoms with Gasteiger partial charge in [0.2, 0.25) is 0 Å². The predicted molar refractivity (Wildman–Crippen MR) is 101 cm³/mol. The van der Waals surface area contributed by atoms with E-state index in [1.807, 2.05) is 0 Å². The first kappa shape index (κ1) is 19.5. The van der Waals surface area contributed by atoms with Gasteiger partial charge in [0, 0.05) is 4.48 Å². The van der Waals surface area contributed by atoms with Crippen LogP contribution in [0.5, 0.6) is 0 Å². The van der Waals surface area contributed by atoms with E-state index in [0.29, 0.717) is 22.4 Å². The fourth-order valence-corrected chi connectivity index (χ4v) is 5.51. The number of alkyl halides is 1. The van der Waals surface area contributed by atoms with E-state index >= 15 is 0 Å². The SMILES string of the molecule is CC(=O)C1C(Br)=CC2=C(OC3C(CC(Br)C(=O)C3C(C)=O)N2)C1C(C)=O. The molecule has 1 fully saturated rings. The molecule has 1 N–H and O–H groups in total.